The van der Waals surface area contributed by atoms with E-state index in [2.05, 4.69) is 21.4 Å². The molecule has 0 amide bonds. The topological polar surface area (TPSA) is 38.0 Å². The number of rotatable bonds is 3. The second-order valence-corrected chi connectivity index (χ2v) is 5.15. The van der Waals surface area contributed by atoms with Gasteiger partial charge >= 0.3 is 0 Å². The number of hydrazine groups is 1. The smallest absolute Gasteiger partial charge is 0.129 e. The molecule has 0 fully saturated rings. The Labute approximate surface area is 118 Å². The lowest BCUT2D eigenvalue weighted by atomic mass is 9.97. The standard InChI is InChI=1S/C14H13BrF2N2/c1-8-5-9(7-10(16)6-8)14(19-18)13-11(15)3-2-4-12(13)17/h2-7,14,19H,18H2,1H3. The first-order chi connectivity index (χ1) is 9.02. The minimum atomic E-state index is -0.620. The second-order valence-electron chi connectivity index (χ2n) is 4.30. The molecule has 5 heteroatoms. The van der Waals surface area contributed by atoms with Crippen LogP contribution < -0.4 is 11.3 Å². The molecule has 2 rings (SSSR count). The van der Waals surface area contributed by atoms with Gasteiger partial charge in [0.25, 0.3) is 0 Å². The lowest BCUT2D eigenvalue weighted by Gasteiger charge is -2.19. The summed E-state index contributed by atoms with van der Waals surface area (Å²) in [7, 11) is 0. The van der Waals surface area contributed by atoms with Crippen molar-refractivity contribution in [2.75, 3.05) is 0 Å². The Morgan fingerprint density at radius 2 is 1.95 bits per heavy atom. The van der Waals surface area contributed by atoms with Gasteiger partial charge in [-0.15, -0.1) is 0 Å². The van der Waals surface area contributed by atoms with E-state index in [0.717, 1.165) is 5.56 Å². The highest BCUT2D eigenvalue weighted by Gasteiger charge is 2.20. The summed E-state index contributed by atoms with van der Waals surface area (Å²) in [6, 6.07) is 8.56. The Morgan fingerprint density at radius 3 is 2.53 bits per heavy atom. The van der Waals surface area contributed by atoms with E-state index < -0.39 is 11.9 Å². The van der Waals surface area contributed by atoms with Crippen molar-refractivity contribution in [1.29, 1.82) is 0 Å². The monoisotopic (exact) mass is 326 g/mol. The van der Waals surface area contributed by atoms with Gasteiger partial charge in [0.05, 0.1) is 6.04 Å². The summed E-state index contributed by atoms with van der Waals surface area (Å²) in [6.07, 6.45) is 0. The highest BCUT2D eigenvalue weighted by molar-refractivity contribution is 9.10. The molecular weight excluding hydrogens is 314 g/mol. The van der Waals surface area contributed by atoms with Crippen molar-refractivity contribution >= 4 is 15.9 Å². The Bertz CT molecular complexity index is 561. The van der Waals surface area contributed by atoms with E-state index in [1.165, 1.54) is 18.2 Å². The van der Waals surface area contributed by atoms with Gasteiger partial charge in [-0.05, 0) is 42.3 Å². The molecule has 0 radical (unpaired) electrons. The van der Waals surface area contributed by atoms with Crippen molar-refractivity contribution in [2.24, 2.45) is 5.84 Å². The van der Waals surface area contributed by atoms with E-state index in [1.54, 1.807) is 25.1 Å². The van der Waals surface area contributed by atoms with Crippen LogP contribution in [0.3, 0.4) is 0 Å². The van der Waals surface area contributed by atoms with Gasteiger partial charge in [-0.3, -0.25) is 5.84 Å². The second kappa shape index (κ2) is 5.77. The molecule has 0 heterocycles. The van der Waals surface area contributed by atoms with E-state index in [9.17, 15) is 8.78 Å². The van der Waals surface area contributed by atoms with Gasteiger partial charge in [-0.2, -0.15) is 0 Å². The third-order valence-electron chi connectivity index (χ3n) is 2.85. The molecule has 2 aromatic carbocycles. The highest BCUT2D eigenvalue weighted by atomic mass is 79.9. The predicted octanol–water partition coefficient (Wildman–Crippen LogP) is 3.59. The minimum Gasteiger partial charge on any atom is -0.271 e. The average Bonchev–Trinajstić information content (AvgIpc) is 2.32. The third-order valence-corrected chi connectivity index (χ3v) is 3.54. The average molecular weight is 327 g/mol. The first-order valence-corrected chi connectivity index (χ1v) is 6.49. The molecule has 0 aliphatic rings. The molecule has 0 bridgehead atoms. The van der Waals surface area contributed by atoms with Gasteiger partial charge in [0.15, 0.2) is 0 Å². The van der Waals surface area contributed by atoms with E-state index in [0.29, 0.717) is 15.6 Å². The van der Waals surface area contributed by atoms with Crippen LogP contribution in [0.2, 0.25) is 0 Å². The van der Waals surface area contributed by atoms with Crippen LogP contribution in [0, 0.1) is 18.6 Å². The van der Waals surface area contributed by atoms with Crippen LogP contribution in [-0.2, 0) is 0 Å². The molecule has 0 saturated heterocycles. The summed E-state index contributed by atoms with van der Waals surface area (Å²) < 4.78 is 28.0. The molecule has 2 nitrogen and oxygen atoms in total. The summed E-state index contributed by atoms with van der Waals surface area (Å²) >= 11 is 3.29. The molecule has 2 aromatic rings. The van der Waals surface area contributed by atoms with E-state index in [-0.39, 0.29) is 5.82 Å². The van der Waals surface area contributed by atoms with Gasteiger partial charge in [0.1, 0.15) is 11.6 Å². The van der Waals surface area contributed by atoms with Crippen LogP contribution in [0.1, 0.15) is 22.7 Å². The minimum absolute atomic E-state index is 0.356. The first-order valence-electron chi connectivity index (χ1n) is 5.70. The van der Waals surface area contributed by atoms with Gasteiger partial charge in [-0.25, -0.2) is 14.2 Å². The van der Waals surface area contributed by atoms with Crippen LogP contribution in [0.4, 0.5) is 8.78 Å². The Kier molecular flexibility index (Phi) is 4.29. The zero-order valence-corrected chi connectivity index (χ0v) is 11.8. The van der Waals surface area contributed by atoms with Crippen molar-refractivity contribution < 1.29 is 8.78 Å². The number of nitrogens with one attached hydrogen (secondary N) is 1. The van der Waals surface area contributed by atoms with Crippen LogP contribution >= 0.6 is 15.9 Å². The number of hydrogen-bond donors (Lipinski definition) is 2. The van der Waals surface area contributed by atoms with Crippen LogP contribution in [0.25, 0.3) is 0 Å². The fourth-order valence-electron chi connectivity index (χ4n) is 2.06. The maximum absolute atomic E-state index is 14.0. The third kappa shape index (κ3) is 3.00. The molecule has 1 atom stereocenters. The molecule has 19 heavy (non-hydrogen) atoms. The Morgan fingerprint density at radius 1 is 1.21 bits per heavy atom. The molecule has 0 spiro atoms. The van der Waals surface area contributed by atoms with Crippen LogP contribution in [0.5, 0.6) is 0 Å². The summed E-state index contributed by atoms with van der Waals surface area (Å²) in [5, 5.41) is 0. The van der Waals surface area contributed by atoms with Crippen molar-refractivity contribution in [2.45, 2.75) is 13.0 Å². The number of hydrogen-bond acceptors (Lipinski definition) is 2. The van der Waals surface area contributed by atoms with Crippen molar-refractivity contribution in [3.8, 4) is 0 Å². The molecular formula is C14H13BrF2N2. The quantitative estimate of drug-likeness (QED) is 0.668. The zero-order chi connectivity index (χ0) is 14.0. The Hall–Kier alpha value is -1.30. The summed E-state index contributed by atoms with van der Waals surface area (Å²) in [5.41, 5.74) is 4.22. The van der Waals surface area contributed by atoms with Gasteiger partial charge in [-0.1, -0.05) is 28.1 Å². The molecule has 0 aromatic heterocycles. The first kappa shape index (κ1) is 14.1. The largest absolute Gasteiger partial charge is 0.271 e. The normalized spacial score (nSPS) is 12.5. The SMILES string of the molecule is Cc1cc(F)cc(C(NN)c2c(F)cccc2Br)c1. The number of benzene rings is 2. The number of nitrogens with two attached hydrogens (primary N) is 1. The van der Waals surface area contributed by atoms with Crippen molar-refractivity contribution in [1.82, 2.24) is 5.43 Å². The van der Waals surface area contributed by atoms with E-state index in [4.69, 9.17) is 5.84 Å². The van der Waals surface area contributed by atoms with Crippen molar-refractivity contribution in [3.63, 3.8) is 0 Å². The molecule has 1 unspecified atom stereocenters. The number of halogens is 3. The fraction of sp³-hybridized carbons (Fsp3) is 0.143. The molecule has 3 N–H and O–H groups in total. The highest BCUT2D eigenvalue weighted by Crippen LogP contribution is 2.31. The maximum Gasteiger partial charge on any atom is 0.129 e. The summed E-state index contributed by atoms with van der Waals surface area (Å²) in [5.74, 6) is 4.74. The zero-order valence-electron chi connectivity index (χ0n) is 10.3. The summed E-state index contributed by atoms with van der Waals surface area (Å²) in [6.45, 7) is 1.77. The van der Waals surface area contributed by atoms with Crippen LogP contribution in [-0.4, -0.2) is 0 Å². The molecule has 0 saturated carbocycles. The molecule has 0 aliphatic carbocycles. The lowest BCUT2D eigenvalue weighted by Crippen LogP contribution is -2.30. The number of aryl methyl sites for hydroxylation is 1. The maximum atomic E-state index is 14.0. The van der Waals surface area contributed by atoms with Crippen LogP contribution in [0.15, 0.2) is 40.9 Å². The van der Waals surface area contributed by atoms with E-state index in [1.807, 2.05) is 0 Å². The molecule has 0 aliphatic heterocycles. The molecule has 100 valence electrons. The van der Waals surface area contributed by atoms with E-state index >= 15 is 0 Å². The van der Waals surface area contributed by atoms with Gasteiger partial charge in [0, 0.05) is 10.0 Å². The lowest BCUT2D eigenvalue weighted by molar-refractivity contribution is 0.553. The van der Waals surface area contributed by atoms with Gasteiger partial charge < -0.3 is 0 Å². The van der Waals surface area contributed by atoms with Gasteiger partial charge in [0.2, 0.25) is 0 Å². The summed E-state index contributed by atoms with van der Waals surface area (Å²) in [4.78, 5) is 0. The fourth-order valence-corrected chi connectivity index (χ4v) is 2.63. The van der Waals surface area contributed by atoms with Crippen molar-refractivity contribution in [3.05, 3.63) is 69.2 Å². The Balaban J connectivity index is 2.56. The predicted molar refractivity (Wildman–Crippen MR) is 74.4 cm³/mol.